The summed E-state index contributed by atoms with van der Waals surface area (Å²) < 4.78 is 25.1. The van der Waals surface area contributed by atoms with Gasteiger partial charge in [0.1, 0.15) is 34.9 Å². The molecule has 156 valence electrons. The standard InChI is InChI=1S/C24H18FNO5/c1-13-5-7-19(31-13)21-20(22(27)15-6-8-18-14(11-15)9-10-30-18)23(28)24(29)26(21)17-4-2-3-16(25)12-17/h2-8,11-12,21,27H,9-10H2,1H3/b22-20-. The molecule has 2 aliphatic rings. The second-order valence-corrected chi connectivity index (χ2v) is 7.52. The number of furan rings is 1. The van der Waals surface area contributed by atoms with Crippen LogP contribution in [0.25, 0.3) is 5.76 Å². The van der Waals surface area contributed by atoms with Crippen molar-refractivity contribution in [3.63, 3.8) is 0 Å². The number of fused-ring (bicyclic) bond motifs is 1. The highest BCUT2D eigenvalue weighted by Crippen LogP contribution is 2.43. The number of aryl methyl sites for hydroxylation is 1. The van der Waals surface area contributed by atoms with E-state index in [0.29, 0.717) is 30.1 Å². The molecule has 0 saturated carbocycles. The van der Waals surface area contributed by atoms with E-state index in [9.17, 15) is 19.1 Å². The van der Waals surface area contributed by atoms with E-state index in [1.807, 2.05) is 0 Å². The zero-order valence-corrected chi connectivity index (χ0v) is 16.6. The summed E-state index contributed by atoms with van der Waals surface area (Å²) in [6.07, 6.45) is 0.689. The normalized spacial score (nSPS) is 19.5. The third-order valence-corrected chi connectivity index (χ3v) is 5.52. The van der Waals surface area contributed by atoms with Crippen molar-refractivity contribution in [2.75, 3.05) is 11.5 Å². The minimum atomic E-state index is -1.03. The molecule has 0 spiro atoms. The number of hydrogen-bond acceptors (Lipinski definition) is 5. The molecule has 1 saturated heterocycles. The molecule has 2 aromatic carbocycles. The lowest BCUT2D eigenvalue weighted by molar-refractivity contribution is -0.132. The number of ketones is 1. The number of hydrogen-bond donors (Lipinski definition) is 1. The molecule has 1 unspecified atom stereocenters. The maximum atomic E-state index is 13.9. The van der Waals surface area contributed by atoms with Gasteiger partial charge in [0.15, 0.2) is 0 Å². The fourth-order valence-electron chi connectivity index (χ4n) is 4.08. The Bertz CT molecular complexity index is 1260. The van der Waals surface area contributed by atoms with Gasteiger partial charge in [-0.15, -0.1) is 0 Å². The average Bonchev–Trinajstić information content (AvgIpc) is 3.45. The Morgan fingerprint density at radius 3 is 2.71 bits per heavy atom. The van der Waals surface area contributed by atoms with Crippen LogP contribution in [0.3, 0.4) is 0 Å². The third kappa shape index (κ3) is 3.09. The first kappa shape index (κ1) is 19.1. The Labute approximate surface area is 177 Å². The molecule has 31 heavy (non-hydrogen) atoms. The predicted molar refractivity (Wildman–Crippen MR) is 110 cm³/mol. The van der Waals surface area contributed by atoms with Crippen molar-refractivity contribution in [2.24, 2.45) is 0 Å². The van der Waals surface area contributed by atoms with Crippen LogP contribution in [0, 0.1) is 12.7 Å². The fourth-order valence-corrected chi connectivity index (χ4v) is 4.08. The molecule has 1 amide bonds. The van der Waals surface area contributed by atoms with E-state index in [-0.39, 0.29) is 17.0 Å². The molecule has 3 heterocycles. The summed E-state index contributed by atoms with van der Waals surface area (Å²) in [7, 11) is 0. The van der Waals surface area contributed by atoms with Crippen LogP contribution in [0.5, 0.6) is 5.75 Å². The zero-order chi connectivity index (χ0) is 21.7. The predicted octanol–water partition coefficient (Wildman–Crippen LogP) is 4.29. The van der Waals surface area contributed by atoms with Gasteiger partial charge in [-0.2, -0.15) is 0 Å². The van der Waals surface area contributed by atoms with Gasteiger partial charge in [0.05, 0.1) is 12.2 Å². The number of nitrogens with zero attached hydrogens (tertiary/aromatic N) is 1. The molecular weight excluding hydrogens is 401 g/mol. The Balaban J connectivity index is 1.70. The molecule has 1 atom stereocenters. The van der Waals surface area contributed by atoms with Crippen molar-refractivity contribution in [1.29, 1.82) is 0 Å². The topological polar surface area (TPSA) is 80.0 Å². The van der Waals surface area contributed by atoms with Crippen molar-refractivity contribution >= 4 is 23.1 Å². The summed E-state index contributed by atoms with van der Waals surface area (Å²) in [6, 6.07) is 12.8. The first-order valence-electron chi connectivity index (χ1n) is 9.83. The van der Waals surface area contributed by atoms with E-state index in [2.05, 4.69) is 0 Å². The number of rotatable bonds is 3. The molecule has 0 bridgehead atoms. The van der Waals surface area contributed by atoms with E-state index in [1.54, 1.807) is 37.3 Å². The van der Waals surface area contributed by atoms with Crippen LogP contribution in [0.2, 0.25) is 0 Å². The van der Waals surface area contributed by atoms with Crippen molar-refractivity contribution in [2.45, 2.75) is 19.4 Å². The van der Waals surface area contributed by atoms with Crippen LogP contribution >= 0.6 is 0 Å². The highest BCUT2D eigenvalue weighted by Gasteiger charge is 2.48. The summed E-state index contributed by atoms with van der Waals surface area (Å²) in [4.78, 5) is 27.2. The average molecular weight is 419 g/mol. The van der Waals surface area contributed by atoms with Gasteiger partial charge >= 0.3 is 0 Å². The second kappa shape index (κ2) is 7.12. The first-order chi connectivity index (χ1) is 14.9. The second-order valence-electron chi connectivity index (χ2n) is 7.52. The van der Waals surface area contributed by atoms with Crippen LogP contribution in [0.1, 0.15) is 28.7 Å². The summed E-state index contributed by atoms with van der Waals surface area (Å²) in [5, 5.41) is 11.1. The number of anilines is 1. The molecule has 6 nitrogen and oxygen atoms in total. The Morgan fingerprint density at radius 2 is 1.97 bits per heavy atom. The van der Waals surface area contributed by atoms with Crippen LogP contribution in [0.4, 0.5) is 10.1 Å². The summed E-state index contributed by atoms with van der Waals surface area (Å²) in [5.74, 6) is -0.983. The molecule has 7 heteroatoms. The van der Waals surface area contributed by atoms with Gasteiger partial charge in [-0.25, -0.2) is 4.39 Å². The van der Waals surface area contributed by atoms with E-state index in [4.69, 9.17) is 9.15 Å². The monoisotopic (exact) mass is 419 g/mol. The zero-order valence-electron chi connectivity index (χ0n) is 16.6. The third-order valence-electron chi connectivity index (χ3n) is 5.52. The van der Waals surface area contributed by atoms with E-state index < -0.39 is 23.5 Å². The molecule has 1 fully saturated rings. The molecule has 5 rings (SSSR count). The van der Waals surface area contributed by atoms with Gasteiger partial charge < -0.3 is 14.3 Å². The summed E-state index contributed by atoms with van der Waals surface area (Å²) in [6.45, 7) is 2.29. The lowest BCUT2D eigenvalue weighted by atomic mass is 9.98. The number of amides is 1. The number of aliphatic hydroxyl groups excluding tert-OH is 1. The number of ether oxygens (including phenoxy) is 1. The lowest BCUT2D eigenvalue weighted by Crippen LogP contribution is -2.29. The van der Waals surface area contributed by atoms with Crippen molar-refractivity contribution in [3.8, 4) is 5.75 Å². The van der Waals surface area contributed by atoms with Crippen molar-refractivity contribution in [3.05, 3.63) is 88.6 Å². The quantitative estimate of drug-likeness (QED) is 0.389. The van der Waals surface area contributed by atoms with Gasteiger partial charge in [-0.3, -0.25) is 14.5 Å². The Kier molecular flexibility index (Phi) is 4.39. The van der Waals surface area contributed by atoms with Gasteiger partial charge in [0, 0.05) is 17.7 Å². The maximum absolute atomic E-state index is 13.9. The minimum Gasteiger partial charge on any atom is -0.507 e. The SMILES string of the molecule is Cc1ccc(C2/C(=C(/O)c3ccc4c(c3)CCO4)C(=O)C(=O)N2c2cccc(F)c2)o1. The van der Waals surface area contributed by atoms with Crippen LogP contribution < -0.4 is 9.64 Å². The van der Waals surface area contributed by atoms with Gasteiger partial charge in [0.2, 0.25) is 0 Å². The van der Waals surface area contributed by atoms with Crippen LogP contribution in [-0.2, 0) is 16.0 Å². The van der Waals surface area contributed by atoms with E-state index in [0.717, 1.165) is 16.2 Å². The number of aliphatic hydroxyl groups is 1. The Hall–Kier alpha value is -3.87. The highest BCUT2D eigenvalue weighted by atomic mass is 19.1. The molecule has 2 aliphatic heterocycles. The number of carbonyl (C=O) groups excluding carboxylic acids is 2. The highest BCUT2D eigenvalue weighted by molar-refractivity contribution is 6.51. The van der Waals surface area contributed by atoms with Crippen LogP contribution in [-0.4, -0.2) is 23.4 Å². The first-order valence-corrected chi connectivity index (χ1v) is 9.83. The van der Waals surface area contributed by atoms with Crippen LogP contribution in [0.15, 0.2) is 64.6 Å². The molecular formula is C24H18FNO5. The number of benzene rings is 2. The molecule has 1 N–H and O–H groups in total. The minimum absolute atomic E-state index is 0.109. The Morgan fingerprint density at radius 1 is 1.13 bits per heavy atom. The maximum Gasteiger partial charge on any atom is 0.300 e. The number of carbonyl (C=O) groups is 2. The van der Waals surface area contributed by atoms with E-state index >= 15 is 0 Å². The largest absolute Gasteiger partial charge is 0.507 e. The van der Waals surface area contributed by atoms with Crippen molar-refractivity contribution in [1.82, 2.24) is 0 Å². The fraction of sp³-hybridized carbons (Fsp3) is 0.167. The van der Waals surface area contributed by atoms with Gasteiger partial charge in [-0.05, 0) is 61.0 Å². The number of halogens is 1. The molecule has 1 aromatic heterocycles. The smallest absolute Gasteiger partial charge is 0.300 e. The van der Waals surface area contributed by atoms with Crippen molar-refractivity contribution < 1.29 is 28.2 Å². The number of Topliss-reactive ketones (excluding diaryl/α,β-unsaturated/α-hetero) is 1. The molecule has 0 aliphatic carbocycles. The van der Waals surface area contributed by atoms with E-state index in [1.165, 1.54) is 24.3 Å². The summed E-state index contributed by atoms with van der Waals surface area (Å²) >= 11 is 0. The lowest BCUT2D eigenvalue weighted by Gasteiger charge is -2.23. The molecule has 3 aromatic rings. The summed E-state index contributed by atoms with van der Waals surface area (Å²) in [5.41, 5.74) is 1.40. The molecule has 0 radical (unpaired) electrons. The van der Waals surface area contributed by atoms with Gasteiger partial charge in [-0.1, -0.05) is 6.07 Å². The van der Waals surface area contributed by atoms with Gasteiger partial charge in [0.25, 0.3) is 11.7 Å².